The molecule has 1 fully saturated rings. The topological polar surface area (TPSA) is 83.1 Å². The Morgan fingerprint density at radius 3 is 2.85 bits per heavy atom. The van der Waals surface area contributed by atoms with Gasteiger partial charge in [0.2, 0.25) is 0 Å². The largest absolute Gasteiger partial charge is 0.295 e. The fourth-order valence-corrected chi connectivity index (χ4v) is 4.98. The molecule has 1 unspecified atom stereocenters. The van der Waals surface area contributed by atoms with E-state index in [0.717, 1.165) is 17.5 Å². The highest BCUT2D eigenvalue weighted by Crippen LogP contribution is 2.37. The van der Waals surface area contributed by atoms with E-state index in [1.807, 2.05) is 0 Å². The zero-order valence-corrected chi connectivity index (χ0v) is 16.3. The molecule has 0 amide bonds. The van der Waals surface area contributed by atoms with Gasteiger partial charge in [-0.2, -0.15) is 5.26 Å². The average molecular weight is 428 g/mol. The third-order valence-corrected chi connectivity index (χ3v) is 6.75. The van der Waals surface area contributed by atoms with E-state index in [-0.39, 0.29) is 4.88 Å². The Labute approximate surface area is 164 Å². The predicted octanol–water partition coefficient (Wildman–Crippen LogP) is 4.03. The van der Waals surface area contributed by atoms with Gasteiger partial charge in [0.25, 0.3) is 6.43 Å². The molecule has 4 rings (SSSR count). The zero-order valence-electron chi connectivity index (χ0n) is 13.9. The Bertz CT molecular complexity index is 1120. The van der Waals surface area contributed by atoms with Crippen LogP contribution in [0.1, 0.15) is 29.8 Å². The predicted molar refractivity (Wildman–Crippen MR) is 98.1 cm³/mol. The zero-order chi connectivity index (χ0) is 19.3. The second-order valence-electron chi connectivity index (χ2n) is 6.20. The molecule has 27 heavy (non-hydrogen) atoms. The molecule has 140 valence electrons. The summed E-state index contributed by atoms with van der Waals surface area (Å²) in [4.78, 5) is 8.65. The highest BCUT2D eigenvalue weighted by molar-refractivity contribution is 7.83. The molecule has 3 aromatic rings. The van der Waals surface area contributed by atoms with Gasteiger partial charge in [-0.25, -0.2) is 27.7 Å². The van der Waals surface area contributed by atoms with Gasteiger partial charge in [-0.15, -0.1) is 11.3 Å². The fraction of sp³-hybridized carbons (Fsp3) is 0.312. The van der Waals surface area contributed by atoms with Gasteiger partial charge < -0.3 is 0 Å². The van der Waals surface area contributed by atoms with Gasteiger partial charge in [0, 0.05) is 12.4 Å². The first-order valence-corrected chi connectivity index (χ1v) is 10.2. The number of pyridine rings is 1. The minimum Gasteiger partial charge on any atom is -0.295 e. The van der Waals surface area contributed by atoms with E-state index in [1.54, 1.807) is 23.6 Å². The van der Waals surface area contributed by atoms with Crippen molar-refractivity contribution in [1.82, 2.24) is 19.1 Å². The summed E-state index contributed by atoms with van der Waals surface area (Å²) in [6.07, 6.45) is 1.36. The Morgan fingerprint density at radius 1 is 1.52 bits per heavy atom. The number of thiazole rings is 1. The van der Waals surface area contributed by atoms with Crippen LogP contribution in [0.2, 0.25) is 5.02 Å². The summed E-state index contributed by atoms with van der Waals surface area (Å²) in [5.74, 6) is 0.349. The maximum absolute atomic E-state index is 12.9. The van der Waals surface area contributed by atoms with Gasteiger partial charge in [0.15, 0.2) is 10.8 Å². The van der Waals surface area contributed by atoms with E-state index in [9.17, 15) is 13.0 Å². The molecule has 1 aliphatic carbocycles. The Balaban J connectivity index is 1.80. The molecule has 11 heteroatoms. The third kappa shape index (κ3) is 3.25. The summed E-state index contributed by atoms with van der Waals surface area (Å²) in [5.41, 5.74) is 0.425. The van der Waals surface area contributed by atoms with Crippen molar-refractivity contribution < 1.29 is 13.0 Å². The van der Waals surface area contributed by atoms with Gasteiger partial charge in [-0.3, -0.25) is 4.40 Å². The molecular formula is C16H12ClF2N5OS2. The highest BCUT2D eigenvalue weighted by Gasteiger charge is 2.44. The number of nitriles is 1. The number of aromatic nitrogens is 3. The number of imidazole rings is 1. The molecule has 1 N–H and O–H groups in total. The van der Waals surface area contributed by atoms with Gasteiger partial charge >= 0.3 is 0 Å². The van der Waals surface area contributed by atoms with Crippen LogP contribution in [0, 0.1) is 18.3 Å². The maximum Gasteiger partial charge on any atom is 0.274 e. The lowest BCUT2D eigenvalue weighted by Crippen LogP contribution is -2.31. The van der Waals surface area contributed by atoms with Crippen molar-refractivity contribution in [2.45, 2.75) is 36.6 Å². The summed E-state index contributed by atoms with van der Waals surface area (Å²) < 4.78 is 42.9. The summed E-state index contributed by atoms with van der Waals surface area (Å²) >= 11 is 7.21. The third-order valence-electron chi connectivity index (χ3n) is 4.23. The van der Waals surface area contributed by atoms with Gasteiger partial charge in [-0.1, -0.05) is 11.6 Å². The molecular weight excluding hydrogens is 416 g/mol. The SMILES string of the molecule is Cc1nc(-c2ncc(C(F)F)s2)n2cc(S(=O)NC3(C#N)CC3)cc(Cl)c12. The molecule has 1 saturated carbocycles. The van der Waals surface area contributed by atoms with Crippen LogP contribution < -0.4 is 4.72 Å². The van der Waals surface area contributed by atoms with Crippen LogP contribution in [0.15, 0.2) is 23.4 Å². The lowest BCUT2D eigenvalue weighted by Gasteiger charge is -2.10. The summed E-state index contributed by atoms with van der Waals surface area (Å²) in [6, 6.07) is 3.68. The van der Waals surface area contributed by atoms with Crippen LogP contribution >= 0.6 is 22.9 Å². The maximum atomic E-state index is 12.9. The highest BCUT2D eigenvalue weighted by atomic mass is 35.5. The monoisotopic (exact) mass is 427 g/mol. The van der Waals surface area contributed by atoms with Gasteiger partial charge in [0.05, 0.1) is 32.1 Å². The smallest absolute Gasteiger partial charge is 0.274 e. The second-order valence-corrected chi connectivity index (χ2v) is 8.88. The number of hydrogen-bond donors (Lipinski definition) is 1. The number of rotatable bonds is 5. The molecule has 0 aromatic carbocycles. The molecule has 0 aliphatic heterocycles. The Morgan fingerprint density at radius 2 is 2.26 bits per heavy atom. The standard InChI is InChI=1S/C16H12ClF2N5OS2/c1-8-12-10(17)4-9(27(25)23-16(7-20)2-3-16)6-24(12)14(22-8)15-21-5-11(26-15)13(18)19/h4-6,13,23H,2-3H2,1H3. The first-order valence-electron chi connectivity index (χ1n) is 7.87. The van der Waals surface area contributed by atoms with Crippen LogP contribution in [0.4, 0.5) is 8.78 Å². The molecule has 0 saturated heterocycles. The molecule has 3 heterocycles. The summed E-state index contributed by atoms with van der Waals surface area (Å²) in [5, 5.41) is 9.81. The molecule has 1 atom stereocenters. The van der Waals surface area contributed by atoms with E-state index >= 15 is 0 Å². The quantitative estimate of drug-likeness (QED) is 0.666. The van der Waals surface area contributed by atoms with Crippen molar-refractivity contribution in [1.29, 1.82) is 5.26 Å². The van der Waals surface area contributed by atoms with E-state index in [0.29, 0.717) is 44.8 Å². The molecule has 0 radical (unpaired) electrons. The lowest BCUT2D eigenvalue weighted by molar-refractivity contribution is 0.155. The summed E-state index contributed by atoms with van der Waals surface area (Å²) in [6.45, 7) is 1.75. The number of alkyl halides is 2. The summed E-state index contributed by atoms with van der Waals surface area (Å²) in [7, 11) is -1.66. The van der Waals surface area contributed by atoms with Crippen molar-refractivity contribution in [3.8, 4) is 16.9 Å². The van der Waals surface area contributed by atoms with Crippen LogP contribution in [0.5, 0.6) is 0 Å². The van der Waals surface area contributed by atoms with Crippen molar-refractivity contribution in [3.63, 3.8) is 0 Å². The minimum atomic E-state index is -2.61. The first-order chi connectivity index (χ1) is 12.8. The Kier molecular flexibility index (Phi) is 4.50. The average Bonchev–Trinajstić information content (AvgIpc) is 3.07. The van der Waals surface area contributed by atoms with Crippen LogP contribution in [-0.2, 0) is 11.0 Å². The fourth-order valence-electron chi connectivity index (χ4n) is 2.66. The molecule has 0 spiro atoms. The molecule has 0 bridgehead atoms. The van der Waals surface area contributed by atoms with Crippen LogP contribution in [0.3, 0.4) is 0 Å². The van der Waals surface area contributed by atoms with E-state index in [4.69, 9.17) is 16.9 Å². The lowest BCUT2D eigenvalue weighted by atomic mass is 10.3. The number of halogens is 3. The minimum absolute atomic E-state index is 0.156. The van der Waals surface area contributed by atoms with Crippen LogP contribution in [-0.4, -0.2) is 24.1 Å². The van der Waals surface area contributed by atoms with Gasteiger partial charge in [-0.05, 0) is 25.8 Å². The van der Waals surface area contributed by atoms with E-state index < -0.39 is 22.9 Å². The van der Waals surface area contributed by atoms with E-state index in [2.05, 4.69) is 20.8 Å². The van der Waals surface area contributed by atoms with Crippen molar-refractivity contribution in [2.24, 2.45) is 0 Å². The molecule has 6 nitrogen and oxygen atoms in total. The van der Waals surface area contributed by atoms with E-state index in [1.165, 1.54) is 0 Å². The number of nitrogens with one attached hydrogen (secondary N) is 1. The van der Waals surface area contributed by atoms with Crippen LogP contribution in [0.25, 0.3) is 16.3 Å². The molecule has 3 aromatic heterocycles. The van der Waals surface area contributed by atoms with Gasteiger partial charge in [0.1, 0.15) is 16.5 Å². The number of nitrogens with zero attached hydrogens (tertiary/aromatic N) is 4. The Hall–Kier alpha value is -1.93. The first kappa shape index (κ1) is 18.4. The second kappa shape index (κ2) is 6.60. The van der Waals surface area contributed by atoms with Crippen molar-refractivity contribution >= 4 is 39.4 Å². The normalized spacial score (nSPS) is 16.6. The number of aryl methyl sites for hydroxylation is 1. The van der Waals surface area contributed by atoms with Crippen molar-refractivity contribution in [2.75, 3.05) is 0 Å². The van der Waals surface area contributed by atoms with Crippen molar-refractivity contribution in [3.05, 3.63) is 34.1 Å². The number of fused-ring (bicyclic) bond motifs is 1. The number of hydrogen-bond acceptors (Lipinski definition) is 5. The molecule has 1 aliphatic rings.